The third-order valence-corrected chi connectivity index (χ3v) is 4.15. The summed E-state index contributed by atoms with van der Waals surface area (Å²) in [6.07, 6.45) is 0.920. The number of thiophene rings is 1. The number of benzene rings is 1. The van der Waals surface area contributed by atoms with E-state index in [-0.39, 0.29) is 5.78 Å². The van der Waals surface area contributed by atoms with Crippen molar-refractivity contribution in [3.63, 3.8) is 0 Å². The fourth-order valence-electron chi connectivity index (χ4n) is 1.92. The maximum atomic E-state index is 12.3. The molecule has 2 aromatic heterocycles. The number of aromatic nitrogens is 1. The molecule has 0 bridgehead atoms. The Morgan fingerprint density at radius 2 is 2.16 bits per heavy atom. The van der Waals surface area contributed by atoms with Gasteiger partial charge in [-0.15, -0.1) is 11.3 Å². The number of hydrogen-bond donors (Lipinski definition) is 1. The lowest BCUT2D eigenvalue weighted by molar-refractivity contribution is 0.104. The molecule has 0 spiro atoms. The highest BCUT2D eigenvalue weighted by Gasteiger charge is 2.13. The van der Waals surface area contributed by atoms with Gasteiger partial charge in [-0.1, -0.05) is 6.92 Å². The molecule has 1 N–H and O–H groups in total. The van der Waals surface area contributed by atoms with Gasteiger partial charge >= 0.3 is 5.76 Å². The highest BCUT2D eigenvalue weighted by Crippen LogP contribution is 2.22. The minimum absolute atomic E-state index is 0.0459. The van der Waals surface area contributed by atoms with Crippen LogP contribution in [0, 0.1) is 0 Å². The van der Waals surface area contributed by atoms with Gasteiger partial charge in [-0.3, -0.25) is 9.78 Å². The van der Waals surface area contributed by atoms with Gasteiger partial charge in [0.15, 0.2) is 5.58 Å². The number of aryl methyl sites for hydroxylation is 1. The van der Waals surface area contributed by atoms with Crippen molar-refractivity contribution >= 4 is 28.2 Å². The Labute approximate surface area is 112 Å². The van der Waals surface area contributed by atoms with Crippen LogP contribution in [-0.2, 0) is 6.42 Å². The largest absolute Gasteiger partial charge is 0.417 e. The first kappa shape index (κ1) is 11.9. The second-order valence-electron chi connectivity index (χ2n) is 4.17. The normalized spacial score (nSPS) is 11.0. The van der Waals surface area contributed by atoms with Crippen LogP contribution < -0.4 is 5.76 Å². The van der Waals surface area contributed by atoms with Crippen molar-refractivity contribution in [2.45, 2.75) is 13.3 Å². The van der Waals surface area contributed by atoms with E-state index >= 15 is 0 Å². The average Bonchev–Trinajstić information content (AvgIpc) is 3.01. The fraction of sp³-hybridized carbons (Fsp3) is 0.143. The zero-order valence-electron chi connectivity index (χ0n) is 10.2. The minimum atomic E-state index is -0.510. The fourth-order valence-corrected chi connectivity index (χ4v) is 2.83. The minimum Gasteiger partial charge on any atom is -0.408 e. The highest BCUT2D eigenvalue weighted by molar-refractivity contribution is 7.14. The van der Waals surface area contributed by atoms with Gasteiger partial charge in [-0.05, 0) is 36.8 Å². The van der Waals surface area contributed by atoms with Gasteiger partial charge < -0.3 is 4.42 Å². The summed E-state index contributed by atoms with van der Waals surface area (Å²) in [4.78, 5) is 27.8. The zero-order valence-corrected chi connectivity index (χ0v) is 11.0. The Hall–Kier alpha value is -2.14. The molecule has 2 heterocycles. The average molecular weight is 273 g/mol. The Morgan fingerprint density at radius 3 is 2.89 bits per heavy atom. The van der Waals surface area contributed by atoms with Crippen LogP contribution in [0.1, 0.15) is 27.0 Å². The van der Waals surface area contributed by atoms with Gasteiger partial charge in [0.05, 0.1) is 10.4 Å². The molecule has 0 aliphatic heterocycles. The number of nitrogens with one attached hydrogen (secondary N) is 1. The third-order valence-electron chi connectivity index (χ3n) is 2.92. The molecule has 5 heteroatoms. The van der Waals surface area contributed by atoms with Gasteiger partial charge in [0, 0.05) is 10.4 Å². The van der Waals surface area contributed by atoms with Crippen LogP contribution in [0.5, 0.6) is 0 Å². The van der Waals surface area contributed by atoms with Crippen molar-refractivity contribution in [1.29, 1.82) is 0 Å². The van der Waals surface area contributed by atoms with E-state index in [1.54, 1.807) is 18.2 Å². The molecule has 0 unspecified atom stereocenters. The topological polar surface area (TPSA) is 63.1 Å². The molecule has 3 aromatic rings. The lowest BCUT2D eigenvalue weighted by Crippen LogP contribution is -1.97. The van der Waals surface area contributed by atoms with E-state index in [0.29, 0.717) is 21.5 Å². The van der Waals surface area contributed by atoms with Crippen molar-refractivity contribution in [1.82, 2.24) is 4.98 Å². The summed E-state index contributed by atoms with van der Waals surface area (Å²) in [5.41, 5.74) is 1.53. The molecule has 3 rings (SSSR count). The molecule has 0 saturated carbocycles. The van der Waals surface area contributed by atoms with E-state index in [0.717, 1.165) is 6.42 Å². The van der Waals surface area contributed by atoms with Gasteiger partial charge in [0.25, 0.3) is 0 Å². The molecule has 0 fully saturated rings. The quantitative estimate of drug-likeness (QED) is 0.746. The van der Waals surface area contributed by atoms with Crippen molar-refractivity contribution in [3.8, 4) is 0 Å². The Morgan fingerprint density at radius 1 is 1.32 bits per heavy atom. The predicted octanol–water partition coefficient (Wildman–Crippen LogP) is 2.98. The van der Waals surface area contributed by atoms with Gasteiger partial charge in [0.1, 0.15) is 0 Å². The molecule has 1 aromatic carbocycles. The number of ketones is 1. The van der Waals surface area contributed by atoms with E-state index in [1.165, 1.54) is 16.2 Å². The van der Waals surface area contributed by atoms with Crippen LogP contribution in [0.15, 0.2) is 39.5 Å². The van der Waals surface area contributed by atoms with E-state index in [1.807, 2.05) is 12.1 Å². The van der Waals surface area contributed by atoms with Gasteiger partial charge in [-0.25, -0.2) is 4.79 Å². The summed E-state index contributed by atoms with van der Waals surface area (Å²) >= 11 is 1.50. The number of rotatable bonds is 3. The molecule has 0 amide bonds. The van der Waals surface area contributed by atoms with E-state index in [2.05, 4.69) is 11.9 Å². The number of hydrogen-bond acceptors (Lipinski definition) is 4. The van der Waals surface area contributed by atoms with E-state index < -0.39 is 5.76 Å². The summed E-state index contributed by atoms with van der Waals surface area (Å²) in [6, 6.07) is 8.78. The first-order valence-corrected chi connectivity index (χ1v) is 6.75. The number of oxazole rings is 1. The molecular formula is C14H11NO3S. The zero-order chi connectivity index (χ0) is 13.4. The van der Waals surface area contributed by atoms with Crippen LogP contribution >= 0.6 is 11.3 Å². The van der Waals surface area contributed by atoms with E-state index in [9.17, 15) is 9.59 Å². The Balaban J connectivity index is 2.03. The number of fused-ring (bicyclic) bond motifs is 1. The highest BCUT2D eigenvalue weighted by atomic mass is 32.1. The Bertz CT molecular complexity index is 809. The lowest BCUT2D eigenvalue weighted by atomic mass is 10.1. The molecule has 0 radical (unpaired) electrons. The number of carbonyl (C=O) groups excluding carboxylic acids is 1. The monoisotopic (exact) mass is 273 g/mol. The maximum absolute atomic E-state index is 12.3. The van der Waals surface area contributed by atoms with Crippen LogP contribution in [0.3, 0.4) is 0 Å². The molecule has 0 aliphatic carbocycles. The molecule has 0 saturated heterocycles. The molecule has 0 aliphatic rings. The lowest BCUT2D eigenvalue weighted by Gasteiger charge is -1.97. The first-order chi connectivity index (χ1) is 9.17. The number of H-pyrrole nitrogens is 1. The summed E-state index contributed by atoms with van der Waals surface area (Å²) in [7, 11) is 0. The summed E-state index contributed by atoms with van der Waals surface area (Å²) in [6.45, 7) is 2.06. The van der Waals surface area contributed by atoms with Crippen LogP contribution in [-0.4, -0.2) is 10.8 Å². The van der Waals surface area contributed by atoms with Gasteiger partial charge in [-0.2, -0.15) is 0 Å². The van der Waals surface area contributed by atoms with Crippen LogP contribution in [0.25, 0.3) is 11.1 Å². The molecule has 19 heavy (non-hydrogen) atoms. The molecule has 96 valence electrons. The third kappa shape index (κ3) is 2.13. The second-order valence-corrected chi connectivity index (χ2v) is 5.34. The molecule has 0 atom stereocenters. The second kappa shape index (κ2) is 4.51. The van der Waals surface area contributed by atoms with Crippen LogP contribution in [0.4, 0.5) is 0 Å². The van der Waals surface area contributed by atoms with Crippen molar-refractivity contribution in [2.24, 2.45) is 0 Å². The number of aromatic amines is 1. The smallest absolute Gasteiger partial charge is 0.408 e. The first-order valence-electron chi connectivity index (χ1n) is 5.93. The van der Waals surface area contributed by atoms with Crippen molar-refractivity contribution in [3.05, 3.63) is 56.2 Å². The maximum Gasteiger partial charge on any atom is 0.417 e. The van der Waals surface area contributed by atoms with Gasteiger partial charge in [0.2, 0.25) is 5.78 Å². The van der Waals surface area contributed by atoms with Crippen molar-refractivity contribution < 1.29 is 9.21 Å². The Kier molecular flexibility index (Phi) is 2.83. The summed E-state index contributed by atoms with van der Waals surface area (Å²) < 4.78 is 4.96. The predicted molar refractivity (Wildman–Crippen MR) is 74.0 cm³/mol. The van der Waals surface area contributed by atoms with Crippen molar-refractivity contribution in [2.75, 3.05) is 0 Å². The van der Waals surface area contributed by atoms with E-state index in [4.69, 9.17) is 4.42 Å². The number of carbonyl (C=O) groups is 1. The standard InChI is InChI=1S/C14H11NO3S/c1-2-9-4-6-12(19-9)13(16)8-3-5-10-11(7-8)18-14(17)15-10/h3-7H,2H2,1H3,(H,15,17). The summed E-state index contributed by atoms with van der Waals surface area (Å²) in [5.74, 6) is -0.556. The molecular weight excluding hydrogens is 262 g/mol. The summed E-state index contributed by atoms with van der Waals surface area (Å²) in [5, 5.41) is 0. The van der Waals surface area contributed by atoms with Crippen LogP contribution in [0.2, 0.25) is 0 Å². The molecule has 4 nitrogen and oxygen atoms in total. The SMILES string of the molecule is CCc1ccc(C(=O)c2ccc3[nH]c(=O)oc3c2)s1.